The molecule has 0 aromatic heterocycles. The molecule has 1 rings (SSSR count). The minimum absolute atomic E-state index is 0.0664. The standard InChI is InChI=1S/C14H16N2O5/c1-2-21-11-5-3-10(4-6-11)9-13(18)16-15-12(17)7-8-14(19)20/h3-8H,2,9H2,1H3,(H,15,17)(H,16,18)(H,19,20)/p-1. The number of carboxylic acid groups (broad SMARTS) is 1. The van der Waals surface area contributed by atoms with E-state index in [2.05, 4.69) is 5.43 Å². The summed E-state index contributed by atoms with van der Waals surface area (Å²) in [4.78, 5) is 32.7. The molecule has 7 heteroatoms. The molecule has 7 nitrogen and oxygen atoms in total. The topological polar surface area (TPSA) is 108 Å². The minimum atomic E-state index is -1.49. The van der Waals surface area contributed by atoms with Crippen LogP contribution in [0, 0.1) is 0 Å². The van der Waals surface area contributed by atoms with Crippen LogP contribution >= 0.6 is 0 Å². The van der Waals surface area contributed by atoms with Gasteiger partial charge in [0.15, 0.2) is 0 Å². The molecule has 2 amide bonds. The molecule has 0 atom stereocenters. The molecule has 0 saturated carbocycles. The van der Waals surface area contributed by atoms with Crippen molar-refractivity contribution >= 4 is 17.8 Å². The third-order valence-corrected chi connectivity index (χ3v) is 2.29. The average molecular weight is 291 g/mol. The lowest BCUT2D eigenvalue weighted by Gasteiger charge is -2.07. The van der Waals surface area contributed by atoms with E-state index in [0.29, 0.717) is 18.4 Å². The zero-order valence-electron chi connectivity index (χ0n) is 11.4. The van der Waals surface area contributed by atoms with Crippen LogP contribution in [0.4, 0.5) is 0 Å². The Hall–Kier alpha value is -2.83. The fraction of sp³-hybridized carbons (Fsp3) is 0.214. The van der Waals surface area contributed by atoms with E-state index < -0.39 is 17.8 Å². The summed E-state index contributed by atoms with van der Waals surface area (Å²) in [5.41, 5.74) is 4.95. The molecule has 1 aromatic carbocycles. The van der Waals surface area contributed by atoms with Crippen LogP contribution in [0.15, 0.2) is 36.4 Å². The molecule has 112 valence electrons. The van der Waals surface area contributed by atoms with Crippen LogP contribution in [0.1, 0.15) is 12.5 Å². The van der Waals surface area contributed by atoms with Crippen LogP contribution in [0.25, 0.3) is 0 Å². The van der Waals surface area contributed by atoms with Gasteiger partial charge in [-0.1, -0.05) is 12.1 Å². The molecule has 0 unspecified atom stereocenters. The molecule has 0 spiro atoms. The fourth-order valence-electron chi connectivity index (χ4n) is 1.42. The lowest BCUT2D eigenvalue weighted by Crippen LogP contribution is -2.41. The van der Waals surface area contributed by atoms with E-state index in [1.54, 1.807) is 24.3 Å². The van der Waals surface area contributed by atoms with Crippen molar-refractivity contribution in [1.29, 1.82) is 0 Å². The predicted octanol–water partition coefficient (Wildman–Crippen LogP) is -0.919. The van der Waals surface area contributed by atoms with Gasteiger partial charge in [-0.25, -0.2) is 0 Å². The van der Waals surface area contributed by atoms with Crippen molar-refractivity contribution in [2.75, 3.05) is 6.61 Å². The number of hydrazine groups is 1. The zero-order chi connectivity index (χ0) is 15.7. The van der Waals surface area contributed by atoms with Crippen molar-refractivity contribution in [1.82, 2.24) is 10.9 Å². The summed E-state index contributed by atoms with van der Waals surface area (Å²) in [6.45, 7) is 2.43. The smallest absolute Gasteiger partial charge is 0.262 e. The van der Waals surface area contributed by atoms with Crippen LogP contribution in [0.5, 0.6) is 5.75 Å². The number of nitrogens with one attached hydrogen (secondary N) is 2. The normalized spacial score (nSPS) is 10.1. The van der Waals surface area contributed by atoms with Crippen molar-refractivity contribution in [3.05, 3.63) is 42.0 Å². The highest BCUT2D eigenvalue weighted by Crippen LogP contribution is 2.12. The van der Waals surface area contributed by atoms with Gasteiger partial charge in [-0.05, 0) is 30.7 Å². The maximum Gasteiger partial charge on any atom is 0.262 e. The molecular weight excluding hydrogens is 276 g/mol. The van der Waals surface area contributed by atoms with E-state index in [-0.39, 0.29) is 6.42 Å². The van der Waals surface area contributed by atoms with E-state index in [4.69, 9.17) is 4.74 Å². The van der Waals surface area contributed by atoms with Crippen LogP contribution in [0.2, 0.25) is 0 Å². The Morgan fingerprint density at radius 2 is 1.81 bits per heavy atom. The average Bonchev–Trinajstić information content (AvgIpc) is 2.45. The van der Waals surface area contributed by atoms with Crippen LogP contribution < -0.4 is 20.7 Å². The highest BCUT2D eigenvalue weighted by atomic mass is 16.5. The summed E-state index contributed by atoms with van der Waals surface area (Å²) >= 11 is 0. The van der Waals surface area contributed by atoms with Crippen molar-refractivity contribution < 1.29 is 24.2 Å². The van der Waals surface area contributed by atoms with Crippen LogP contribution in [-0.2, 0) is 20.8 Å². The Morgan fingerprint density at radius 1 is 1.14 bits per heavy atom. The molecule has 21 heavy (non-hydrogen) atoms. The predicted molar refractivity (Wildman–Crippen MR) is 71.7 cm³/mol. The van der Waals surface area contributed by atoms with Gasteiger partial charge < -0.3 is 14.6 Å². The molecular formula is C14H15N2O5-. The molecule has 0 saturated heterocycles. The summed E-state index contributed by atoms with van der Waals surface area (Å²) in [6, 6.07) is 6.96. The Balaban J connectivity index is 2.39. The molecule has 0 bridgehead atoms. The molecule has 0 heterocycles. The van der Waals surface area contributed by atoms with E-state index in [0.717, 1.165) is 11.6 Å². The van der Waals surface area contributed by atoms with Crippen molar-refractivity contribution in [2.24, 2.45) is 0 Å². The Morgan fingerprint density at radius 3 is 2.38 bits per heavy atom. The van der Waals surface area contributed by atoms with Gasteiger partial charge >= 0.3 is 0 Å². The summed E-state index contributed by atoms with van der Waals surface area (Å²) in [6.07, 6.45) is 1.37. The molecule has 1 aromatic rings. The van der Waals surface area contributed by atoms with Gasteiger partial charge in [-0.2, -0.15) is 0 Å². The molecule has 2 N–H and O–H groups in total. The number of carbonyl (C=O) groups excluding carboxylic acids is 3. The molecule has 0 aliphatic rings. The van der Waals surface area contributed by atoms with Gasteiger partial charge in [0, 0.05) is 6.08 Å². The summed E-state index contributed by atoms with van der Waals surface area (Å²) in [5.74, 6) is -1.98. The molecule has 0 fully saturated rings. The molecule has 0 radical (unpaired) electrons. The van der Waals surface area contributed by atoms with E-state index >= 15 is 0 Å². The molecule has 0 aliphatic carbocycles. The first kappa shape index (κ1) is 16.2. The lowest BCUT2D eigenvalue weighted by molar-refractivity contribution is -0.297. The van der Waals surface area contributed by atoms with Crippen molar-refractivity contribution in [2.45, 2.75) is 13.3 Å². The zero-order valence-corrected chi connectivity index (χ0v) is 11.4. The van der Waals surface area contributed by atoms with Crippen molar-refractivity contribution in [3.8, 4) is 5.75 Å². The maximum absolute atomic E-state index is 11.6. The number of carboxylic acids is 1. The van der Waals surface area contributed by atoms with Crippen LogP contribution in [-0.4, -0.2) is 24.4 Å². The number of aliphatic carboxylic acids is 1. The third kappa shape index (κ3) is 6.76. The SMILES string of the molecule is CCOc1ccc(CC(=O)NNC(=O)C=CC(=O)[O-])cc1. The van der Waals surface area contributed by atoms with Gasteiger partial charge in [0.05, 0.1) is 19.0 Å². The second kappa shape index (κ2) is 8.36. The Bertz CT molecular complexity index is 537. The number of hydrogen-bond acceptors (Lipinski definition) is 5. The second-order valence-corrected chi connectivity index (χ2v) is 3.94. The summed E-state index contributed by atoms with van der Waals surface area (Å²) in [5, 5.41) is 10.1. The maximum atomic E-state index is 11.6. The van der Waals surface area contributed by atoms with Gasteiger partial charge in [0.1, 0.15) is 5.75 Å². The second-order valence-electron chi connectivity index (χ2n) is 3.94. The van der Waals surface area contributed by atoms with E-state index in [9.17, 15) is 19.5 Å². The van der Waals surface area contributed by atoms with E-state index in [1.165, 1.54) is 0 Å². The first-order chi connectivity index (χ1) is 10.0. The monoisotopic (exact) mass is 291 g/mol. The highest BCUT2D eigenvalue weighted by molar-refractivity contribution is 5.94. The third-order valence-electron chi connectivity index (χ3n) is 2.29. The number of hydrogen-bond donors (Lipinski definition) is 2. The fourth-order valence-corrected chi connectivity index (χ4v) is 1.42. The minimum Gasteiger partial charge on any atom is -0.545 e. The number of amides is 2. The number of benzene rings is 1. The number of rotatable bonds is 6. The van der Waals surface area contributed by atoms with Gasteiger partial charge in [0.25, 0.3) is 5.91 Å². The van der Waals surface area contributed by atoms with Gasteiger partial charge in [-0.15, -0.1) is 0 Å². The lowest BCUT2D eigenvalue weighted by atomic mass is 10.1. The van der Waals surface area contributed by atoms with Crippen molar-refractivity contribution in [3.63, 3.8) is 0 Å². The number of ether oxygens (including phenoxy) is 1. The largest absolute Gasteiger partial charge is 0.545 e. The first-order valence-electron chi connectivity index (χ1n) is 6.21. The van der Waals surface area contributed by atoms with Crippen LogP contribution in [0.3, 0.4) is 0 Å². The highest BCUT2D eigenvalue weighted by Gasteiger charge is 2.04. The Labute approximate surface area is 121 Å². The Kier molecular flexibility index (Phi) is 6.46. The summed E-state index contributed by atoms with van der Waals surface area (Å²) in [7, 11) is 0. The van der Waals surface area contributed by atoms with Gasteiger partial charge in [-0.3, -0.25) is 20.4 Å². The molecule has 0 aliphatic heterocycles. The van der Waals surface area contributed by atoms with Gasteiger partial charge in [0.2, 0.25) is 5.91 Å². The first-order valence-corrected chi connectivity index (χ1v) is 6.21. The number of carbonyl (C=O) groups is 3. The van der Waals surface area contributed by atoms with E-state index in [1.807, 2.05) is 12.3 Å². The summed E-state index contributed by atoms with van der Waals surface area (Å²) < 4.78 is 5.27. The quantitative estimate of drug-likeness (QED) is 0.520.